The van der Waals surface area contributed by atoms with Crippen LogP contribution in [-0.2, 0) is 0 Å². The molecule has 0 spiro atoms. The molecule has 0 saturated carbocycles. The van der Waals surface area contributed by atoms with Crippen molar-refractivity contribution in [1.29, 1.82) is 5.26 Å². The van der Waals surface area contributed by atoms with Crippen molar-refractivity contribution in [2.24, 2.45) is 0 Å². The number of ether oxygens (including phenoxy) is 1. The lowest BCUT2D eigenvalue weighted by Crippen LogP contribution is -2.15. The quantitative estimate of drug-likeness (QED) is 0.818. The van der Waals surface area contributed by atoms with Gasteiger partial charge >= 0.3 is 0 Å². The normalized spacial score (nSPS) is 14.0. The first-order chi connectivity index (χ1) is 7.22. The summed E-state index contributed by atoms with van der Waals surface area (Å²) < 4.78 is 5.07. The van der Waals surface area contributed by atoms with Gasteiger partial charge < -0.3 is 9.84 Å². The summed E-state index contributed by atoms with van der Waals surface area (Å²) in [6.07, 6.45) is -0.0581. The molecule has 0 aliphatic carbocycles. The second kappa shape index (κ2) is 5.38. The summed E-state index contributed by atoms with van der Waals surface area (Å²) in [6.45, 7) is 1.86. The van der Waals surface area contributed by atoms with Crippen molar-refractivity contribution in [3.63, 3.8) is 0 Å². The molecule has 2 unspecified atom stereocenters. The zero-order valence-corrected chi connectivity index (χ0v) is 8.97. The predicted molar refractivity (Wildman–Crippen MR) is 57.6 cm³/mol. The van der Waals surface area contributed by atoms with Crippen molar-refractivity contribution in [1.82, 2.24) is 0 Å². The average molecular weight is 205 g/mol. The molecule has 1 rings (SSSR count). The smallest absolute Gasteiger partial charge is 0.119 e. The highest BCUT2D eigenvalue weighted by Crippen LogP contribution is 2.24. The third-order valence-electron chi connectivity index (χ3n) is 2.40. The molecule has 1 aromatic rings. The van der Waals surface area contributed by atoms with Gasteiger partial charge in [0, 0.05) is 0 Å². The molecule has 0 bridgehead atoms. The molecule has 0 amide bonds. The van der Waals surface area contributed by atoms with Crippen LogP contribution in [0.15, 0.2) is 24.3 Å². The molecular weight excluding hydrogens is 190 g/mol. The van der Waals surface area contributed by atoms with Gasteiger partial charge in [-0.2, -0.15) is 5.26 Å². The minimum Gasteiger partial charge on any atom is -0.497 e. The number of nitrogens with zero attached hydrogens (tertiary/aromatic N) is 1. The Bertz CT molecular complexity index is 357. The van der Waals surface area contributed by atoms with Crippen molar-refractivity contribution in [3.8, 4) is 11.8 Å². The number of nitriles is 1. The number of methoxy groups -OCH3 is 1. The molecule has 15 heavy (non-hydrogen) atoms. The standard InChI is InChI=1S/C12H15NO2/c1-3-12(14)11(8-13)9-5-4-6-10(7-9)15-2/h4-7,11-12,14H,3H2,1-2H3. The van der Waals surface area contributed by atoms with Crippen LogP contribution in [0, 0.1) is 11.3 Å². The fourth-order valence-electron chi connectivity index (χ4n) is 1.45. The third-order valence-corrected chi connectivity index (χ3v) is 2.40. The van der Waals surface area contributed by atoms with E-state index < -0.39 is 12.0 Å². The van der Waals surface area contributed by atoms with Gasteiger partial charge in [0.05, 0.1) is 25.2 Å². The topological polar surface area (TPSA) is 53.2 Å². The van der Waals surface area contributed by atoms with Crippen LogP contribution in [0.25, 0.3) is 0 Å². The van der Waals surface area contributed by atoms with Gasteiger partial charge in [0.1, 0.15) is 5.75 Å². The van der Waals surface area contributed by atoms with Gasteiger partial charge in [0.2, 0.25) is 0 Å². The molecule has 0 aliphatic heterocycles. The maximum atomic E-state index is 9.67. The van der Waals surface area contributed by atoms with Gasteiger partial charge in [-0.15, -0.1) is 0 Å². The van der Waals surface area contributed by atoms with Crippen molar-refractivity contribution in [3.05, 3.63) is 29.8 Å². The highest BCUT2D eigenvalue weighted by Gasteiger charge is 2.19. The van der Waals surface area contributed by atoms with Crippen molar-refractivity contribution < 1.29 is 9.84 Å². The van der Waals surface area contributed by atoms with Gasteiger partial charge in [0.15, 0.2) is 0 Å². The maximum absolute atomic E-state index is 9.67. The van der Waals surface area contributed by atoms with E-state index in [1.54, 1.807) is 13.2 Å². The van der Waals surface area contributed by atoms with E-state index in [4.69, 9.17) is 10.00 Å². The molecule has 0 aliphatic rings. The van der Waals surface area contributed by atoms with Crippen LogP contribution >= 0.6 is 0 Å². The first-order valence-electron chi connectivity index (χ1n) is 4.94. The first kappa shape index (κ1) is 11.5. The van der Waals surface area contributed by atoms with Gasteiger partial charge in [-0.3, -0.25) is 0 Å². The van der Waals surface area contributed by atoms with E-state index >= 15 is 0 Å². The number of hydrogen-bond donors (Lipinski definition) is 1. The van der Waals surface area contributed by atoms with Crippen molar-refractivity contribution in [2.75, 3.05) is 7.11 Å². The van der Waals surface area contributed by atoms with Crippen LogP contribution < -0.4 is 4.74 Å². The van der Waals surface area contributed by atoms with E-state index in [-0.39, 0.29) is 0 Å². The fourth-order valence-corrected chi connectivity index (χ4v) is 1.45. The Kier molecular flexibility index (Phi) is 4.14. The van der Waals surface area contributed by atoms with Gasteiger partial charge in [-0.1, -0.05) is 19.1 Å². The summed E-state index contributed by atoms with van der Waals surface area (Å²) in [5.41, 5.74) is 0.797. The van der Waals surface area contributed by atoms with E-state index in [0.29, 0.717) is 12.2 Å². The lowest BCUT2D eigenvalue weighted by atomic mass is 9.93. The van der Waals surface area contributed by atoms with Crippen LogP contribution in [0.5, 0.6) is 5.75 Å². The average Bonchev–Trinajstić information content (AvgIpc) is 2.30. The third kappa shape index (κ3) is 2.71. The van der Waals surface area contributed by atoms with Crippen molar-refractivity contribution >= 4 is 0 Å². The molecule has 0 aromatic heterocycles. The number of benzene rings is 1. The minimum atomic E-state index is -0.623. The lowest BCUT2D eigenvalue weighted by molar-refractivity contribution is 0.157. The molecule has 1 N–H and O–H groups in total. The maximum Gasteiger partial charge on any atom is 0.119 e. The molecule has 3 heteroatoms. The van der Waals surface area contributed by atoms with E-state index in [2.05, 4.69) is 6.07 Å². The Balaban J connectivity index is 2.97. The van der Waals surface area contributed by atoms with Crippen molar-refractivity contribution in [2.45, 2.75) is 25.4 Å². The molecular formula is C12H15NO2. The molecule has 0 fully saturated rings. The summed E-state index contributed by atoms with van der Waals surface area (Å²) in [5.74, 6) is 0.223. The summed E-state index contributed by atoms with van der Waals surface area (Å²) in [5, 5.41) is 18.7. The number of aliphatic hydroxyl groups is 1. The van der Waals surface area contributed by atoms with Crippen LogP contribution in [0.2, 0.25) is 0 Å². The summed E-state index contributed by atoms with van der Waals surface area (Å²) >= 11 is 0. The molecule has 0 radical (unpaired) electrons. The zero-order valence-electron chi connectivity index (χ0n) is 8.97. The largest absolute Gasteiger partial charge is 0.497 e. The monoisotopic (exact) mass is 205 g/mol. The second-order valence-corrected chi connectivity index (χ2v) is 3.36. The Morgan fingerprint density at radius 3 is 2.80 bits per heavy atom. The number of hydrogen-bond acceptors (Lipinski definition) is 3. The molecule has 80 valence electrons. The summed E-state index contributed by atoms with van der Waals surface area (Å²) in [6, 6.07) is 9.36. The lowest BCUT2D eigenvalue weighted by Gasteiger charge is -2.15. The van der Waals surface area contributed by atoms with Crippen LogP contribution in [0.1, 0.15) is 24.8 Å². The van der Waals surface area contributed by atoms with E-state index in [1.165, 1.54) is 0 Å². The Labute approximate surface area is 89.9 Å². The van der Waals surface area contributed by atoms with Gasteiger partial charge in [0.25, 0.3) is 0 Å². The van der Waals surface area contributed by atoms with Gasteiger partial charge in [-0.05, 0) is 24.1 Å². The second-order valence-electron chi connectivity index (χ2n) is 3.36. The zero-order chi connectivity index (χ0) is 11.3. The van der Waals surface area contributed by atoms with E-state index in [0.717, 1.165) is 5.56 Å². The number of aliphatic hydroxyl groups excluding tert-OH is 1. The summed E-state index contributed by atoms with van der Waals surface area (Å²) in [7, 11) is 1.58. The Hall–Kier alpha value is -1.53. The SMILES string of the molecule is CCC(O)C(C#N)c1cccc(OC)c1. The van der Waals surface area contributed by atoms with Crippen LogP contribution in [0.3, 0.4) is 0 Å². The Morgan fingerprint density at radius 2 is 2.27 bits per heavy atom. The fraction of sp³-hybridized carbons (Fsp3) is 0.417. The van der Waals surface area contributed by atoms with E-state index in [9.17, 15) is 5.11 Å². The van der Waals surface area contributed by atoms with Crippen LogP contribution in [-0.4, -0.2) is 18.3 Å². The molecule has 0 saturated heterocycles. The Morgan fingerprint density at radius 1 is 1.53 bits per heavy atom. The molecule has 0 heterocycles. The molecule has 3 nitrogen and oxygen atoms in total. The predicted octanol–water partition coefficient (Wildman–Crippen LogP) is 2.07. The number of rotatable bonds is 4. The first-order valence-corrected chi connectivity index (χ1v) is 4.94. The summed E-state index contributed by atoms with van der Waals surface area (Å²) in [4.78, 5) is 0. The highest BCUT2D eigenvalue weighted by atomic mass is 16.5. The molecule has 2 atom stereocenters. The molecule has 1 aromatic carbocycles. The van der Waals surface area contributed by atoms with Gasteiger partial charge in [-0.25, -0.2) is 0 Å². The highest BCUT2D eigenvalue weighted by molar-refractivity contribution is 5.34. The van der Waals surface area contributed by atoms with Crippen LogP contribution in [0.4, 0.5) is 0 Å². The van der Waals surface area contributed by atoms with E-state index in [1.807, 2.05) is 25.1 Å². The minimum absolute atomic E-state index is 0.481.